The minimum Gasteiger partial charge on any atom is -0.265 e. The van der Waals surface area contributed by atoms with Crippen molar-refractivity contribution in [2.75, 3.05) is 8.61 Å². The molecule has 132 valence electrons. The van der Waals surface area contributed by atoms with E-state index in [0.717, 1.165) is 22.5 Å². The third-order valence-electron chi connectivity index (χ3n) is 4.96. The predicted octanol–water partition coefficient (Wildman–Crippen LogP) is 5.41. The molecule has 1 aliphatic heterocycles. The van der Waals surface area contributed by atoms with Crippen molar-refractivity contribution in [1.29, 1.82) is 0 Å². The molecule has 0 N–H and O–H groups in total. The molecule has 0 aliphatic carbocycles. The fraction of sp³-hybridized carbons (Fsp3) is 0.182. The second kappa shape index (κ2) is 6.96. The topological polar surface area (TPSA) is 23.6 Å². The van der Waals surface area contributed by atoms with E-state index in [1.807, 2.05) is 57.1 Å². The third-order valence-corrected chi connectivity index (χ3v) is 6.66. The molecule has 0 saturated carbocycles. The van der Waals surface area contributed by atoms with Crippen LogP contribution in [0.4, 0.5) is 11.4 Å². The second-order valence-corrected chi connectivity index (χ2v) is 7.79. The van der Waals surface area contributed by atoms with E-state index in [0.29, 0.717) is 0 Å². The number of benzene rings is 3. The van der Waals surface area contributed by atoms with Crippen LogP contribution >= 0.6 is 0 Å². The average Bonchev–Trinajstić information content (AvgIpc) is 3.00. The van der Waals surface area contributed by atoms with Gasteiger partial charge in [0.1, 0.15) is 0 Å². The Morgan fingerprint density at radius 1 is 0.615 bits per heavy atom. The van der Waals surface area contributed by atoms with E-state index in [-0.39, 0.29) is 12.1 Å². The Morgan fingerprint density at radius 3 is 1.35 bits per heavy atom. The van der Waals surface area contributed by atoms with Gasteiger partial charge in [-0.05, 0) is 37.1 Å². The maximum Gasteiger partial charge on any atom is 0.226 e. The van der Waals surface area contributed by atoms with Crippen LogP contribution in [0, 0.1) is 0 Å². The Hall–Kier alpha value is -2.59. The Kier molecular flexibility index (Phi) is 4.51. The van der Waals surface area contributed by atoms with E-state index in [1.165, 1.54) is 0 Å². The largest absolute Gasteiger partial charge is 0.265 e. The van der Waals surface area contributed by atoms with Gasteiger partial charge in [0.2, 0.25) is 11.2 Å². The van der Waals surface area contributed by atoms with Gasteiger partial charge < -0.3 is 0 Å². The number of nitrogens with zero attached hydrogens (tertiary/aromatic N) is 2. The molecule has 3 aromatic rings. The summed E-state index contributed by atoms with van der Waals surface area (Å²) in [5.74, 6) is 0. The van der Waals surface area contributed by atoms with Crippen molar-refractivity contribution in [3.8, 4) is 0 Å². The molecule has 0 amide bonds. The Bertz CT molecular complexity index is 839. The van der Waals surface area contributed by atoms with Crippen molar-refractivity contribution in [2.24, 2.45) is 0 Å². The molecule has 4 rings (SSSR count). The highest BCUT2D eigenvalue weighted by Gasteiger charge is 2.39. The summed E-state index contributed by atoms with van der Waals surface area (Å²) < 4.78 is 17.6. The molecule has 3 aromatic carbocycles. The lowest BCUT2D eigenvalue weighted by Crippen LogP contribution is -2.35. The van der Waals surface area contributed by atoms with Gasteiger partial charge in [-0.1, -0.05) is 72.8 Å². The quantitative estimate of drug-likeness (QED) is 0.608. The fourth-order valence-electron chi connectivity index (χ4n) is 3.52. The van der Waals surface area contributed by atoms with Crippen molar-refractivity contribution in [3.63, 3.8) is 0 Å². The molecule has 1 aliphatic rings. The Morgan fingerprint density at radius 2 is 0.962 bits per heavy atom. The molecule has 4 heteroatoms. The Balaban J connectivity index is 1.76. The molecule has 0 aromatic heterocycles. The SMILES string of the molecule is C[C@@H](c1ccccc1)N1c2ccccc2N([C@@H](C)c2ccccc2)S1=O. The normalized spacial score (nSPS) is 16.4. The molecular formula is C22H22N2OS. The van der Waals surface area contributed by atoms with Crippen LogP contribution in [-0.2, 0) is 11.2 Å². The molecule has 0 unspecified atom stereocenters. The lowest BCUT2D eigenvalue weighted by atomic mass is 10.1. The predicted molar refractivity (Wildman–Crippen MR) is 109 cm³/mol. The summed E-state index contributed by atoms with van der Waals surface area (Å²) in [5, 5.41) is 0. The zero-order valence-electron chi connectivity index (χ0n) is 14.9. The standard InChI is InChI=1S/C22H22N2OS/c1-17(19-11-5-3-6-12-19)23-21-15-9-10-16-22(21)24(26(23)25)18(2)20-13-7-4-8-14-20/h3-18H,1-2H3/t17-,18-/m0/s1. The number of anilines is 2. The van der Waals surface area contributed by atoms with Gasteiger partial charge in [0, 0.05) is 0 Å². The van der Waals surface area contributed by atoms with Gasteiger partial charge in [-0.15, -0.1) is 0 Å². The summed E-state index contributed by atoms with van der Waals surface area (Å²) in [4.78, 5) is 0. The van der Waals surface area contributed by atoms with E-state index in [1.54, 1.807) is 0 Å². The van der Waals surface area contributed by atoms with Crippen LogP contribution in [0.25, 0.3) is 0 Å². The number of para-hydroxylation sites is 2. The van der Waals surface area contributed by atoms with Crippen molar-refractivity contribution in [3.05, 3.63) is 96.1 Å². The summed E-state index contributed by atoms with van der Waals surface area (Å²) in [6, 6.07) is 28.7. The van der Waals surface area contributed by atoms with Crippen molar-refractivity contribution < 1.29 is 4.21 Å². The molecular weight excluding hydrogens is 340 g/mol. The number of hydrogen-bond acceptors (Lipinski definition) is 1. The smallest absolute Gasteiger partial charge is 0.226 e. The lowest BCUT2D eigenvalue weighted by molar-refractivity contribution is 0.662. The summed E-state index contributed by atoms with van der Waals surface area (Å²) in [5.41, 5.74) is 4.35. The van der Waals surface area contributed by atoms with E-state index in [4.69, 9.17) is 0 Å². The minimum atomic E-state index is -1.29. The molecule has 0 bridgehead atoms. The van der Waals surface area contributed by atoms with Gasteiger partial charge in [0.05, 0.1) is 23.5 Å². The zero-order chi connectivity index (χ0) is 18.1. The third kappa shape index (κ3) is 2.80. The second-order valence-electron chi connectivity index (χ2n) is 6.54. The van der Waals surface area contributed by atoms with E-state index in [9.17, 15) is 4.21 Å². The maximum absolute atomic E-state index is 13.6. The molecule has 2 atom stereocenters. The summed E-state index contributed by atoms with van der Waals surface area (Å²) in [7, 11) is 0. The van der Waals surface area contributed by atoms with Gasteiger partial charge in [-0.25, -0.2) is 4.21 Å². The summed E-state index contributed by atoms with van der Waals surface area (Å²) >= 11 is -1.29. The monoisotopic (exact) mass is 362 g/mol. The number of fused-ring (bicyclic) bond motifs is 1. The highest BCUT2D eigenvalue weighted by Crippen LogP contribution is 2.46. The number of hydrogen-bond donors (Lipinski definition) is 0. The Labute approximate surface area is 157 Å². The van der Waals surface area contributed by atoms with Crippen LogP contribution in [0.1, 0.15) is 37.1 Å². The van der Waals surface area contributed by atoms with Crippen LogP contribution < -0.4 is 8.61 Å². The highest BCUT2D eigenvalue weighted by atomic mass is 32.2. The van der Waals surface area contributed by atoms with Gasteiger partial charge in [0.25, 0.3) is 0 Å². The molecule has 1 heterocycles. The maximum atomic E-state index is 13.6. The van der Waals surface area contributed by atoms with Crippen LogP contribution in [0.3, 0.4) is 0 Å². The first-order valence-corrected chi connectivity index (χ1v) is 9.94. The van der Waals surface area contributed by atoms with Crippen molar-refractivity contribution in [1.82, 2.24) is 0 Å². The average molecular weight is 362 g/mol. The molecule has 26 heavy (non-hydrogen) atoms. The van der Waals surface area contributed by atoms with Crippen LogP contribution in [-0.4, -0.2) is 4.21 Å². The van der Waals surface area contributed by atoms with E-state index >= 15 is 0 Å². The highest BCUT2D eigenvalue weighted by molar-refractivity contribution is 7.88. The zero-order valence-corrected chi connectivity index (χ0v) is 15.8. The van der Waals surface area contributed by atoms with Gasteiger partial charge in [-0.2, -0.15) is 0 Å². The van der Waals surface area contributed by atoms with Gasteiger partial charge >= 0.3 is 0 Å². The first-order valence-electron chi connectivity index (χ1n) is 8.88. The van der Waals surface area contributed by atoms with Gasteiger partial charge in [0.15, 0.2) is 0 Å². The van der Waals surface area contributed by atoms with E-state index in [2.05, 4.69) is 50.2 Å². The minimum absolute atomic E-state index is 0.0196. The molecule has 0 saturated heterocycles. The van der Waals surface area contributed by atoms with Crippen LogP contribution in [0.5, 0.6) is 0 Å². The lowest BCUT2D eigenvalue weighted by Gasteiger charge is -2.29. The molecule has 0 fully saturated rings. The summed E-state index contributed by atoms with van der Waals surface area (Å²) in [6.07, 6.45) is 0. The first-order chi connectivity index (χ1) is 12.7. The van der Waals surface area contributed by atoms with Gasteiger partial charge in [-0.3, -0.25) is 8.61 Å². The molecule has 3 nitrogen and oxygen atoms in total. The molecule has 0 spiro atoms. The summed E-state index contributed by atoms with van der Waals surface area (Å²) in [6.45, 7) is 4.22. The van der Waals surface area contributed by atoms with Crippen molar-refractivity contribution in [2.45, 2.75) is 25.9 Å². The van der Waals surface area contributed by atoms with Crippen LogP contribution in [0.2, 0.25) is 0 Å². The van der Waals surface area contributed by atoms with Crippen LogP contribution in [0.15, 0.2) is 84.9 Å². The fourth-order valence-corrected chi connectivity index (χ4v) is 5.14. The number of rotatable bonds is 4. The molecule has 0 radical (unpaired) electrons. The van der Waals surface area contributed by atoms with Crippen molar-refractivity contribution >= 4 is 22.5 Å². The first kappa shape index (κ1) is 16.9. The van der Waals surface area contributed by atoms with E-state index < -0.39 is 11.2 Å².